The molecule has 2 aromatic rings. The van der Waals surface area contributed by atoms with Crippen LogP contribution in [0.5, 0.6) is 0 Å². The summed E-state index contributed by atoms with van der Waals surface area (Å²) in [6, 6.07) is 1.90. The summed E-state index contributed by atoms with van der Waals surface area (Å²) in [5.74, 6) is -0.442. The molecule has 3 heterocycles. The van der Waals surface area contributed by atoms with Crippen LogP contribution in [0.4, 0.5) is 24.9 Å². The van der Waals surface area contributed by atoms with Gasteiger partial charge in [-0.15, -0.1) is 5.10 Å². The van der Waals surface area contributed by atoms with Gasteiger partial charge in [-0.2, -0.15) is 13.2 Å². The Morgan fingerprint density at radius 3 is 2.76 bits per heavy atom. The van der Waals surface area contributed by atoms with Gasteiger partial charge in [-0.1, -0.05) is 0 Å². The molecule has 1 saturated heterocycles. The maximum atomic E-state index is 12.9. The summed E-state index contributed by atoms with van der Waals surface area (Å²) in [7, 11) is 0. The van der Waals surface area contributed by atoms with E-state index in [1.807, 2.05) is 13.8 Å². The summed E-state index contributed by atoms with van der Waals surface area (Å²) >= 11 is 0. The summed E-state index contributed by atoms with van der Waals surface area (Å²) in [4.78, 5) is 8.06. The smallest absolute Gasteiger partial charge is 0.348 e. The third kappa shape index (κ3) is 4.45. The molecule has 3 rings (SSSR count). The highest BCUT2D eigenvalue weighted by Gasteiger charge is 2.33. The maximum absolute atomic E-state index is 12.9. The van der Waals surface area contributed by atoms with Crippen LogP contribution in [0.15, 0.2) is 18.5 Å². The number of aromatic nitrogens is 4. The van der Waals surface area contributed by atoms with E-state index in [9.17, 15) is 13.2 Å². The molecule has 0 radical (unpaired) electrons. The number of nitrogens with zero attached hydrogens (tertiary/aromatic N) is 4. The first-order chi connectivity index (χ1) is 11.6. The van der Waals surface area contributed by atoms with E-state index < -0.39 is 17.5 Å². The molecular formula is C15H18F3N5O2. The van der Waals surface area contributed by atoms with Crippen LogP contribution in [0.3, 0.4) is 0 Å². The number of hydrogen-bond acceptors (Lipinski definition) is 6. The van der Waals surface area contributed by atoms with Gasteiger partial charge >= 0.3 is 6.18 Å². The van der Waals surface area contributed by atoms with Crippen molar-refractivity contribution >= 4 is 11.8 Å². The molecule has 136 valence electrons. The maximum Gasteiger partial charge on any atom is 0.416 e. The number of hydrogen-bond donors (Lipinski definition) is 1. The zero-order valence-electron chi connectivity index (χ0n) is 14.0. The van der Waals surface area contributed by atoms with Crippen molar-refractivity contribution in [3.05, 3.63) is 29.7 Å². The van der Waals surface area contributed by atoms with Crippen molar-refractivity contribution in [1.29, 1.82) is 0 Å². The fraction of sp³-hybridized carbons (Fsp3) is 0.533. The van der Waals surface area contributed by atoms with Gasteiger partial charge in [0.15, 0.2) is 5.79 Å². The second-order valence-electron chi connectivity index (χ2n) is 6.25. The molecule has 1 aliphatic heterocycles. The van der Waals surface area contributed by atoms with E-state index in [1.165, 1.54) is 17.9 Å². The zero-order chi connectivity index (χ0) is 18.2. The van der Waals surface area contributed by atoms with E-state index in [1.54, 1.807) is 0 Å². The molecule has 0 aliphatic carbocycles. The SMILES string of the molecule is Cc1cc(C(F)(F)F)cc(Nc2ncn(CC3COC(C)(C)O3)n2)n1. The second-order valence-corrected chi connectivity index (χ2v) is 6.25. The lowest BCUT2D eigenvalue weighted by atomic mass is 10.2. The van der Waals surface area contributed by atoms with Crippen molar-refractivity contribution in [2.75, 3.05) is 11.9 Å². The van der Waals surface area contributed by atoms with E-state index >= 15 is 0 Å². The molecule has 1 aliphatic rings. The van der Waals surface area contributed by atoms with Crippen molar-refractivity contribution in [2.45, 2.75) is 45.4 Å². The van der Waals surface area contributed by atoms with Crippen molar-refractivity contribution in [1.82, 2.24) is 19.7 Å². The Labute approximate surface area is 142 Å². The average molecular weight is 357 g/mol. The van der Waals surface area contributed by atoms with Crippen LogP contribution in [0.1, 0.15) is 25.1 Å². The first kappa shape index (κ1) is 17.6. The minimum Gasteiger partial charge on any atom is -0.348 e. The number of anilines is 2. The van der Waals surface area contributed by atoms with Crippen LogP contribution in [-0.2, 0) is 22.2 Å². The summed E-state index contributed by atoms with van der Waals surface area (Å²) in [5.41, 5.74) is -0.531. The van der Waals surface area contributed by atoms with Gasteiger partial charge in [-0.05, 0) is 32.9 Å². The summed E-state index contributed by atoms with van der Waals surface area (Å²) < 4.78 is 51.3. The number of halogens is 3. The molecule has 0 spiro atoms. The summed E-state index contributed by atoms with van der Waals surface area (Å²) in [6.07, 6.45) is -3.14. The third-order valence-electron chi connectivity index (χ3n) is 3.52. The Morgan fingerprint density at radius 2 is 2.12 bits per heavy atom. The van der Waals surface area contributed by atoms with Gasteiger partial charge in [0, 0.05) is 5.69 Å². The first-order valence-corrected chi connectivity index (χ1v) is 7.65. The van der Waals surface area contributed by atoms with Gasteiger partial charge in [-0.3, -0.25) is 0 Å². The van der Waals surface area contributed by atoms with Crippen LogP contribution >= 0.6 is 0 Å². The van der Waals surface area contributed by atoms with Crippen LogP contribution < -0.4 is 5.32 Å². The van der Waals surface area contributed by atoms with Gasteiger partial charge in [0.25, 0.3) is 0 Å². The van der Waals surface area contributed by atoms with E-state index in [4.69, 9.17) is 9.47 Å². The van der Waals surface area contributed by atoms with E-state index in [0.717, 1.165) is 12.1 Å². The third-order valence-corrected chi connectivity index (χ3v) is 3.52. The fourth-order valence-electron chi connectivity index (χ4n) is 2.51. The lowest BCUT2D eigenvalue weighted by Crippen LogP contribution is -2.24. The second kappa shape index (κ2) is 6.26. The predicted octanol–water partition coefficient (Wildman–Crippen LogP) is 2.90. The number of rotatable bonds is 4. The monoisotopic (exact) mass is 357 g/mol. The van der Waals surface area contributed by atoms with Gasteiger partial charge in [0.05, 0.1) is 18.7 Å². The fourth-order valence-corrected chi connectivity index (χ4v) is 2.51. The van der Waals surface area contributed by atoms with Crippen LogP contribution in [-0.4, -0.2) is 38.2 Å². The minimum atomic E-state index is -4.44. The van der Waals surface area contributed by atoms with E-state index in [2.05, 4.69) is 20.4 Å². The number of pyridine rings is 1. The molecule has 2 aromatic heterocycles. The zero-order valence-corrected chi connectivity index (χ0v) is 14.0. The number of aryl methyl sites for hydroxylation is 1. The van der Waals surface area contributed by atoms with E-state index in [-0.39, 0.29) is 23.6 Å². The molecule has 1 fully saturated rings. The van der Waals surface area contributed by atoms with Crippen LogP contribution in [0.2, 0.25) is 0 Å². The van der Waals surface area contributed by atoms with Gasteiger partial charge in [0.2, 0.25) is 5.95 Å². The lowest BCUT2D eigenvalue weighted by Gasteiger charge is -2.16. The summed E-state index contributed by atoms with van der Waals surface area (Å²) in [6.45, 7) is 5.99. The average Bonchev–Trinajstić information content (AvgIpc) is 3.04. The van der Waals surface area contributed by atoms with E-state index in [0.29, 0.717) is 13.2 Å². The number of ether oxygens (including phenoxy) is 2. The Hall–Kier alpha value is -2.20. The molecule has 10 heteroatoms. The first-order valence-electron chi connectivity index (χ1n) is 7.65. The lowest BCUT2D eigenvalue weighted by molar-refractivity contribution is -0.140. The number of alkyl halides is 3. The highest BCUT2D eigenvalue weighted by Crippen LogP contribution is 2.31. The predicted molar refractivity (Wildman–Crippen MR) is 82.2 cm³/mol. The van der Waals surface area contributed by atoms with Crippen LogP contribution in [0, 0.1) is 6.92 Å². The Kier molecular flexibility index (Phi) is 4.41. The Bertz CT molecular complexity index is 760. The summed E-state index contributed by atoms with van der Waals surface area (Å²) in [5, 5.41) is 6.87. The normalized spacial score (nSPS) is 20.0. The number of nitrogens with one attached hydrogen (secondary N) is 1. The molecule has 0 aromatic carbocycles. The Balaban J connectivity index is 1.69. The van der Waals surface area contributed by atoms with Crippen LogP contribution in [0.25, 0.3) is 0 Å². The molecule has 0 saturated carbocycles. The molecule has 25 heavy (non-hydrogen) atoms. The molecule has 0 bridgehead atoms. The Morgan fingerprint density at radius 1 is 1.36 bits per heavy atom. The highest BCUT2D eigenvalue weighted by atomic mass is 19.4. The van der Waals surface area contributed by atoms with Crippen molar-refractivity contribution in [3.63, 3.8) is 0 Å². The molecule has 0 amide bonds. The largest absolute Gasteiger partial charge is 0.416 e. The molecular weight excluding hydrogens is 339 g/mol. The van der Waals surface area contributed by atoms with Gasteiger partial charge in [-0.25, -0.2) is 14.6 Å². The van der Waals surface area contributed by atoms with Gasteiger partial charge in [0.1, 0.15) is 18.2 Å². The van der Waals surface area contributed by atoms with Crippen molar-refractivity contribution in [2.24, 2.45) is 0 Å². The molecule has 1 N–H and O–H groups in total. The topological polar surface area (TPSA) is 74.1 Å². The minimum absolute atomic E-state index is 0.0339. The van der Waals surface area contributed by atoms with Crippen molar-refractivity contribution in [3.8, 4) is 0 Å². The quantitative estimate of drug-likeness (QED) is 0.907. The molecule has 1 unspecified atom stereocenters. The van der Waals surface area contributed by atoms with Crippen molar-refractivity contribution < 1.29 is 22.6 Å². The molecule has 1 atom stereocenters. The standard InChI is InChI=1S/C15H18F3N5O2/c1-9-4-10(15(16,17)18)5-12(20-9)21-13-19-8-23(22-13)6-11-7-24-14(2,3)25-11/h4-5,8,11H,6-7H2,1-3H3,(H,20,21,22). The molecule has 7 nitrogen and oxygen atoms in total. The van der Waals surface area contributed by atoms with Gasteiger partial charge < -0.3 is 14.8 Å². The highest BCUT2D eigenvalue weighted by molar-refractivity contribution is 5.49.